The molecule has 0 saturated heterocycles. The number of methoxy groups -OCH3 is 2. The van der Waals surface area contributed by atoms with Crippen LogP contribution in [0.15, 0.2) is 47.8 Å². The third kappa shape index (κ3) is 3.64. The molecule has 0 atom stereocenters. The highest BCUT2D eigenvalue weighted by Crippen LogP contribution is 2.40. The number of aromatic nitrogens is 1. The molecule has 0 aliphatic carbocycles. The van der Waals surface area contributed by atoms with E-state index < -0.39 is 5.97 Å². The average Bonchev–Trinajstić information content (AvgIpc) is 3.08. The maximum absolute atomic E-state index is 10.9. The lowest BCUT2D eigenvalue weighted by molar-refractivity contribution is -0.136. The number of nitrogens with zero attached hydrogens (tertiary/aromatic N) is 1. The summed E-state index contributed by atoms with van der Waals surface area (Å²) in [5.41, 5.74) is 3.39. The van der Waals surface area contributed by atoms with Crippen LogP contribution < -0.4 is 9.47 Å². The molecule has 0 fully saturated rings. The minimum absolute atomic E-state index is 0.0911. The summed E-state index contributed by atoms with van der Waals surface area (Å²) in [6, 6.07) is 13.7. The van der Waals surface area contributed by atoms with Gasteiger partial charge in [-0.05, 0) is 17.7 Å². The first kappa shape index (κ1) is 17.0. The number of carboxylic acid groups (broad SMARTS) is 1. The highest BCUT2D eigenvalue weighted by molar-refractivity contribution is 7.10. The van der Waals surface area contributed by atoms with E-state index in [1.165, 1.54) is 11.3 Å². The zero-order valence-electron chi connectivity index (χ0n) is 13.9. The second-order valence-corrected chi connectivity index (χ2v) is 6.26. The summed E-state index contributed by atoms with van der Waals surface area (Å²) < 4.78 is 11.1. The minimum Gasteiger partial charge on any atom is -0.496 e. The molecule has 0 radical (unpaired) electrons. The van der Waals surface area contributed by atoms with Gasteiger partial charge in [-0.3, -0.25) is 4.79 Å². The molecule has 0 saturated carbocycles. The van der Waals surface area contributed by atoms with Gasteiger partial charge in [0.25, 0.3) is 0 Å². The van der Waals surface area contributed by atoms with Crippen molar-refractivity contribution in [3.05, 3.63) is 52.9 Å². The van der Waals surface area contributed by atoms with Gasteiger partial charge in [-0.2, -0.15) is 0 Å². The van der Waals surface area contributed by atoms with E-state index in [4.69, 9.17) is 14.6 Å². The lowest BCUT2D eigenvalue weighted by atomic mass is 10.0. The molecule has 3 aromatic rings. The van der Waals surface area contributed by atoms with Crippen LogP contribution in [0.25, 0.3) is 22.4 Å². The van der Waals surface area contributed by atoms with Crippen molar-refractivity contribution in [1.29, 1.82) is 0 Å². The largest absolute Gasteiger partial charge is 0.496 e. The molecule has 128 valence electrons. The van der Waals surface area contributed by atoms with Gasteiger partial charge in [-0.25, -0.2) is 4.98 Å². The van der Waals surface area contributed by atoms with Gasteiger partial charge in [0.1, 0.15) is 16.5 Å². The van der Waals surface area contributed by atoms with Crippen molar-refractivity contribution >= 4 is 17.3 Å². The fraction of sp³-hybridized carbons (Fsp3) is 0.158. The fourth-order valence-electron chi connectivity index (χ4n) is 2.59. The quantitative estimate of drug-likeness (QED) is 0.720. The molecule has 0 bridgehead atoms. The maximum Gasteiger partial charge on any atom is 0.310 e. The van der Waals surface area contributed by atoms with Gasteiger partial charge in [-0.1, -0.05) is 30.3 Å². The normalized spacial score (nSPS) is 10.5. The summed E-state index contributed by atoms with van der Waals surface area (Å²) in [5, 5.41) is 11.3. The molecule has 0 aliphatic heterocycles. The van der Waals surface area contributed by atoms with Crippen molar-refractivity contribution in [3.63, 3.8) is 0 Å². The summed E-state index contributed by atoms with van der Waals surface area (Å²) in [6.07, 6.45) is -0.0911. The summed E-state index contributed by atoms with van der Waals surface area (Å²) in [5.74, 6) is 0.464. The van der Waals surface area contributed by atoms with Gasteiger partial charge in [0.15, 0.2) is 0 Å². The number of carboxylic acids is 1. The van der Waals surface area contributed by atoms with E-state index in [0.717, 1.165) is 16.7 Å². The number of hydrogen-bond donors (Lipinski definition) is 1. The van der Waals surface area contributed by atoms with Crippen LogP contribution in [-0.2, 0) is 11.2 Å². The first-order valence-electron chi connectivity index (χ1n) is 7.60. The van der Waals surface area contributed by atoms with E-state index >= 15 is 0 Å². The predicted molar refractivity (Wildman–Crippen MR) is 97.4 cm³/mol. The first-order chi connectivity index (χ1) is 12.1. The van der Waals surface area contributed by atoms with Crippen molar-refractivity contribution in [2.24, 2.45) is 0 Å². The Morgan fingerprint density at radius 1 is 1.08 bits per heavy atom. The molecule has 6 heteroatoms. The number of carbonyl (C=O) groups is 1. The lowest BCUT2D eigenvalue weighted by Gasteiger charge is -2.14. The summed E-state index contributed by atoms with van der Waals surface area (Å²) in [4.78, 5) is 15.3. The van der Waals surface area contributed by atoms with Crippen molar-refractivity contribution in [1.82, 2.24) is 4.98 Å². The fourth-order valence-corrected chi connectivity index (χ4v) is 3.37. The first-order valence-corrected chi connectivity index (χ1v) is 8.48. The van der Waals surface area contributed by atoms with Crippen LogP contribution in [0.1, 0.15) is 5.01 Å². The molecule has 0 aliphatic rings. The van der Waals surface area contributed by atoms with Crippen molar-refractivity contribution in [2.45, 2.75) is 6.42 Å². The zero-order chi connectivity index (χ0) is 17.8. The molecular formula is C19H17NO4S. The van der Waals surface area contributed by atoms with Gasteiger partial charge in [0.2, 0.25) is 0 Å². The minimum atomic E-state index is -0.898. The van der Waals surface area contributed by atoms with E-state index in [1.54, 1.807) is 14.2 Å². The Kier molecular flexibility index (Phi) is 5.00. The van der Waals surface area contributed by atoms with Gasteiger partial charge < -0.3 is 14.6 Å². The number of ether oxygens (including phenoxy) is 2. The van der Waals surface area contributed by atoms with E-state index in [0.29, 0.717) is 22.2 Å². The number of aliphatic carboxylic acids is 1. The van der Waals surface area contributed by atoms with Crippen molar-refractivity contribution < 1.29 is 19.4 Å². The molecule has 1 aromatic heterocycles. The Balaban J connectivity index is 2.08. The topological polar surface area (TPSA) is 68.7 Å². The van der Waals surface area contributed by atoms with Crippen molar-refractivity contribution in [3.8, 4) is 33.9 Å². The predicted octanol–water partition coefficient (Wildman–Crippen LogP) is 4.12. The SMILES string of the molecule is COc1cc(-c2csc(CC(=O)O)n2)c(OC)cc1-c1ccccc1. The monoisotopic (exact) mass is 355 g/mol. The average molecular weight is 355 g/mol. The van der Waals surface area contributed by atoms with Crippen LogP contribution in [-0.4, -0.2) is 30.3 Å². The van der Waals surface area contributed by atoms with E-state index in [2.05, 4.69) is 4.98 Å². The van der Waals surface area contributed by atoms with Crippen LogP contribution in [0.4, 0.5) is 0 Å². The van der Waals surface area contributed by atoms with Gasteiger partial charge >= 0.3 is 5.97 Å². The molecule has 2 aromatic carbocycles. The molecule has 3 rings (SSSR count). The smallest absolute Gasteiger partial charge is 0.310 e. The van der Waals surface area contributed by atoms with Crippen LogP contribution in [0.3, 0.4) is 0 Å². The summed E-state index contributed by atoms with van der Waals surface area (Å²) in [7, 11) is 3.22. The summed E-state index contributed by atoms with van der Waals surface area (Å²) in [6.45, 7) is 0. The number of hydrogen-bond acceptors (Lipinski definition) is 5. The molecular weight excluding hydrogens is 338 g/mol. The second-order valence-electron chi connectivity index (χ2n) is 5.32. The maximum atomic E-state index is 10.9. The summed E-state index contributed by atoms with van der Waals surface area (Å²) >= 11 is 1.32. The van der Waals surface area contributed by atoms with Crippen LogP contribution in [0, 0.1) is 0 Å². The highest BCUT2D eigenvalue weighted by Gasteiger charge is 2.17. The molecule has 0 spiro atoms. The molecule has 0 amide bonds. The molecule has 1 N–H and O–H groups in total. The molecule has 0 unspecified atom stereocenters. The van der Waals surface area contributed by atoms with Gasteiger partial charge in [0.05, 0.1) is 26.3 Å². The van der Waals surface area contributed by atoms with Crippen molar-refractivity contribution in [2.75, 3.05) is 14.2 Å². The Hall–Kier alpha value is -2.86. The third-order valence-electron chi connectivity index (χ3n) is 3.74. The van der Waals surface area contributed by atoms with E-state index in [1.807, 2.05) is 47.8 Å². The van der Waals surface area contributed by atoms with E-state index in [-0.39, 0.29) is 6.42 Å². The Bertz CT molecular complexity index is 890. The zero-order valence-corrected chi connectivity index (χ0v) is 14.7. The number of benzene rings is 2. The lowest BCUT2D eigenvalue weighted by Crippen LogP contribution is -1.99. The molecule has 5 nitrogen and oxygen atoms in total. The van der Waals surface area contributed by atoms with Gasteiger partial charge in [-0.15, -0.1) is 11.3 Å². The molecule has 1 heterocycles. The second kappa shape index (κ2) is 7.36. The standard InChI is InChI=1S/C19H17NO4S/c1-23-16-9-14(15-11-25-18(20-15)10-19(21)22)17(24-2)8-13(16)12-6-4-3-5-7-12/h3-9,11H,10H2,1-2H3,(H,21,22). The molecule has 25 heavy (non-hydrogen) atoms. The Morgan fingerprint density at radius 3 is 2.36 bits per heavy atom. The number of rotatable bonds is 6. The van der Waals surface area contributed by atoms with Crippen LogP contribution >= 0.6 is 11.3 Å². The van der Waals surface area contributed by atoms with E-state index in [9.17, 15) is 4.79 Å². The Morgan fingerprint density at radius 2 is 1.72 bits per heavy atom. The third-order valence-corrected chi connectivity index (χ3v) is 4.59. The Labute approximate surface area is 149 Å². The van der Waals surface area contributed by atoms with Crippen LogP contribution in [0.2, 0.25) is 0 Å². The highest BCUT2D eigenvalue weighted by atomic mass is 32.1. The number of thiazole rings is 1. The van der Waals surface area contributed by atoms with Gasteiger partial charge in [0, 0.05) is 16.5 Å². The van der Waals surface area contributed by atoms with Crippen LogP contribution in [0.5, 0.6) is 11.5 Å².